The molecule has 3 atom stereocenters. The second-order valence-corrected chi connectivity index (χ2v) is 16.7. The van der Waals surface area contributed by atoms with Crippen LogP contribution in [-0.2, 0) is 16.7 Å². The van der Waals surface area contributed by atoms with E-state index in [-0.39, 0.29) is 54.7 Å². The first-order valence-electron chi connectivity index (χ1n) is 20.6. The lowest BCUT2D eigenvalue weighted by molar-refractivity contribution is 0.0658. The van der Waals surface area contributed by atoms with Gasteiger partial charge in [-0.15, -0.1) is 0 Å². The molecule has 3 aromatic carbocycles. The van der Waals surface area contributed by atoms with Gasteiger partial charge in [-0.3, -0.25) is 28.9 Å². The molecule has 1 N–H and O–H groups in total. The third-order valence-electron chi connectivity index (χ3n) is 13.2. The number of carbonyl (C=O) groups excluding carboxylic acids is 2. The molecule has 3 aromatic heterocycles. The predicted molar refractivity (Wildman–Crippen MR) is 222 cm³/mol. The minimum atomic E-state index is -0.832. The van der Waals surface area contributed by atoms with Crippen LogP contribution in [0.2, 0.25) is 0 Å². The maximum Gasteiger partial charge on any atom is 0.438 e. The Bertz CT molecular complexity index is 2820. The number of halogens is 1. The molecule has 308 valence electrons. The van der Waals surface area contributed by atoms with Crippen molar-refractivity contribution in [1.29, 1.82) is 0 Å². The summed E-state index contributed by atoms with van der Waals surface area (Å²) in [6.07, 6.45) is 2.64. The van der Waals surface area contributed by atoms with Crippen molar-refractivity contribution < 1.29 is 23.2 Å². The van der Waals surface area contributed by atoms with Crippen LogP contribution in [0, 0.1) is 25.6 Å². The lowest BCUT2D eigenvalue weighted by Gasteiger charge is -2.36. The minimum absolute atomic E-state index is 0.0185. The fourth-order valence-corrected chi connectivity index (χ4v) is 9.85. The van der Waals surface area contributed by atoms with E-state index in [0.29, 0.717) is 77.4 Å². The van der Waals surface area contributed by atoms with Gasteiger partial charge in [0.15, 0.2) is 5.82 Å². The monoisotopic (exact) mass is 812 g/mol. The molecule has 3 aliphatic heterocycles. The fourth-order valence-electron chi connectivity index (χ4n) is 9.85. The van der Waals surface area contributed by atoms with Gasteiger partial charge < -0.3 is 14.2 Å². The lowest BCUT2D eigenvalue weighted by atomic mass is 9.91. The molecule has 0 spiro atoms. The number of para-hydroxylation sites is 1. The molecule has 15 heteroatoms. The van der Waals surface area contributed by atoms with Gasteiger partial charge in [0.05, 0.1) is 17.4 Å². The highest BCUT2D eigenvalue weighted by molar-refractivity contribution is 6.05. The standard InChI is InChI=1S/C45H45FN8O6/c1-25-20-33(21-26(2)37(25)46)53-39(55)34-12-15-50(28(4)38(34)47-42(53)52-17-16-51(44(52)58)32-8-6-5-7-9-32)40(56)36-23-31-22-30(29-13-18-59-19-14-29)10-11-35(31)54(36)45(24-27(45)3)41-48-43(57)60-49-41/h5-11,20-23,27-29H,12-19,24H2,1-4H3,(H,48,49,57)/t27-,28+,45-/m1/s1. The van der Waals surface area contributed by atoms with E-state index in [2.05, 4.69) is 35.3 Å². The van der Waals surface area contributed by atoms with E-state index >= 15 is 4.79 Å². The number of rotatable bonds is 7. The van der Waals surface area contributed by atoms with Crippen LogP contribution in [0.4, 0.5) is 20.8 Å². The summed E-state index contributed by atoms with van der Waals surface area (Å²) in [5.74, 6) is -0.503. The number of aromatic nitrogens is 5. The molecule has 0 radical (unpaired) electrons. The largest absolute Gasteiger partial charge is 0.438 e. The van der Waals surface area contributed by atoms with Gasteiger partial charge in [-0.05, 0) is 117 Å². The number of aryl methyl sites for hydroxylation is 2. The number of ether oxygens (including phenoxy) is 1. The molecule has 10 rings (SSSR count). The van der Waals surface area contributed by atoms with Crippen LogP contribution in [0.3, 0.4) is 0 Å². The number of benzene rings is 3. The summed E-state index contributed by atoms with van der Waals surface area (Å²) < 4.78 is 29.0. The summed E-state index contributed by atoms with van der Waals surface area (Å²) in [4.78, 5) is 69.4. The van der Waals surface area contributed by atoms with Gasteiger partial charge in [0.2, 0.25) is 5.95 Å². The van der Waals surface area contributed by atoms with E-state index in [9.17, 15) is 18.8 Å². The quantitative estimate of drug-likeness (QED) is 0.192. The molecule has 0 unspecified atom stereocenters. The molecule has 4 aliphatic rings. The molecular weight excluding hydrogens is 768 g/mol. The van der Waals surface area contributed by atoms with Crippen LogP contribution in [0.1, 0.15) is 89.3 Å². The number of hydrogen-bond donors (Lipinski definition) is 1. The Balaban J connectivity index is 1.09. The van der Waals surface area contributed by atoms with E-state index in [1.807, 2.05) is 47.9 Å². The van der Waals surface area contributed by atoms with Crippen molar-refractivity contribution in [3.05, 3.63) is 133 Å². The third kappa shape index (κ3) is 5.84. The van der Waals surface area contributed by atoms with E-state index < -0.39 is 17.3 Å². The summed E-state index contributed by atoms with van der Waals surface area (Å²) >= 11 is 0. The summed E-state index contributed by atoms with van der Waals surface area (Å²) in [6.45, 7) is 9.41. The molecule has 6 heterocycles. The first-order chi connectivity index (χ1) is 29.0. The van der Waals surface area contributed by atoms with E-state index in [0.717, 1.165) is 23.7 Å². The maximum atomic E-state index is 15.2. The highest BCUT2D eigenvalue weighted by Gasteiger charge is 2.59. The van der Waals surface area contributed by atoms with Crippen molar-refractivity contribution in [1.82, 2.24) is 29.2 Å². The normalized spacial score (nSPS) is 21.9. The Morgan fingerprint density at radius 2 is 1.62 bits per heavy atom. The van der Waals surface area contributed by atoms with Gasteiger partial charge in [0.25, 0.3) is 11.5 Å². The average molecular weight is 813 g/mol. The number of aromatic amines is 1. The Morgan fingerprint density at radius 1 is 0.900 bits per heavy atom. The first kappa shape index (κ1) is 37.9. The van der Waals surface area contributed by atoms with Gasteiger partial charge in [-0.1, -0.05) is 36.3 Å². The van der Waals surface area contributed by atoms with E-state index in [4.69, 9.17) is 14.2 Å². The van der Waals surface area contributed by atoms with Crippen LogP contribution < -0.4 is 21.1 Å². The molecule has 14 nitrogen and oxygen atoms in total. The van der Waals surface area contributed by atoms with Gasteiger partial charge in [0.1, 0.15) is 17.1 Å². The van der Waals surface area contributed by atoms with Gasteiger partial charge in [0, 0.05) is 55.0 Å². The molecular formula is C45H45FN8O6. The number of carbonyl (C=O) groups is 2. The Kier molecular flexibility index (Phi) is 8.93. The summed E-state index contributed by atoms with van der Waals surface area (Å²) in [5, 5.41) is 5.03. The zero-order valence-electron chi connectivity index (χ0n) is 33.9. The molecule has 2 saturated heterocycles. The molecule has 3 fully saturated rings. The molecule has 60 heavy (non-hydrogen) atoms. The Labute approximate surface area is 344 Å². The molecule has 6 aromatic rings. The fraction of sp³-hybridized carbons (Fsp3) is 0.378. The third-order valence-corrected chi connectivity index (χ3v) is 13.2. The lowest BCUT2D eigenvalue weighted by Crippen LogP contribution is -2.45. The van der Waals surface area contributed by atoms with Crippen LogP contribution in [-0.4, -0.2) is 73.9 Å². The van der Waals surface area contributed by atoms with E-state index in [1.165, 1.54) is 15.0 Å². The number of nitrogens with one attached hydrogen (secondary N) is 1. The maximum absolute atomic E-state index is 15.2. The number of fused-ring (bicyclic) bond motifs is 2. The zero-order valence-corrected chi connectivity index (χ0v) is 33.9. The highest BCUT2D eigenvalue weighted by Crippen LogP contribution is 2.56. The minimum Gasteiger partial charge on any atom is -0.381 e. The number of anilines is 2. The van der Waals surface area contributed by atoms with Crippen LogP contribution in [0.15, 0.2) is 80.8 Å². The second-order valence-electron chi connectivity index (χ2n) is 16.7. The Hall–Kier alpha value is -6.35. The summed E-state index contributed by atoms with van der Waals surface area (Å²) in [5.41, 5.74) is 3.87. The van der Waals surface area contributed by atoms with Crippen LogP contribution in [0.5, 0.6) is 0 Å². The number of urea groups is 1. The topological polar surface area (TPSA) is 152 Å². The van der Waals surface area contributed by atoms with Gasteiger partial charge in [-0.25, -0.2) is 23.5 Å². The van der Waals surface area contributed by atoms with Crippen molar-refractivity contribution in [3.8, 4) is 5.69 Å². The molecule has 1 saturated carbocycles. The van der Waals surface area contributed by atoms with Crippen molar-refractivity contribution in [2.75, 3.05) is 42.6 Å². The molecule has 1 aliphatic carbocycles. The van der Waals surface area contributed by atoms with Crippen molar-refractivity contribution >= 4 is 34.5 Å². The highest BCUT2D eigenvalue weighted by atomic mass is 19.1. The average Bonchev–Trinajstić information content (AvgIpc) is 3.58. The molecule has 3 amide bonds. The summed E-state index contributed by atoms with van der Waals surface area (Å²) in [7, 11) is 0. The zero-order chi connectivity index (χ0) is 41.6. The van der Waals surface area contributed by atoms with Crippen molar-refractivity contribution in [2.45, 2.75) is 70.9 Å². The Morgan fingerprint density at radius 3 is 2.30 bits per heavy atom. The van der Waals surface area contributed by atoms with Crippen molar-refractivity contribution in [2.24, 2.45) is 5.92 Å². The molecule has 0 bridgehead atoms. The SMILES string of the molecule is Cc1cc(-n2c(N3CCN(c4ccccc4)C3=O)nc3c(c2=O)CCN(C(=O)c2cc4cc(C5CCOCC5)ccc4n2[C@]2(c4noc(=O)[nH]4)C[C@H]2C)[C@H]3C)cc(C)c1F. The van der Waals surface area contributed by atoms with Crippen molar-refractivity contribution in [3.63, 3.8) is 0 Å². The van der Waals surface area contributed by atoms with Gasteiger partial charge in [-0.2, -0.15) is 0 Å². The second kappa shape index (κ2) is 14.1. The number of nitrogens with zero attached hydrogens (tertiary/aromatic N) is 7. The predicted octanol–water partition coefficient (Wildman–Crippen LogP) is 6.50. The van der Waals surface area contributed by atoms with E-state index in [1.54, 1.807) is 35.8 Å². The summed E-state index contributed by atoms with van der Waals surface area (Å²) in [6, 6.07) is 19.7. The van der Waals surface area contributed by atoms with Crippen LogP contribution in [0.25, 0.3) is 16.6 Å². The number of amides is 3. The number of H-pyrrole nitrogens is 1. The number of hydrogen-bond acceptors (Lipinski definition) is 8. The first-order valence-corrected chi connectivity index (χ1v) is 20.6. The van der Waals surface area contributed by atoms with Crippen LogP contribution >= 0.6 is 0 Å². The van der Waals surface area contributed by atoms with Gasteiger partial charge >= 0.3 is 11.8 Å². The smallest absolute Gasteiger partial charge is 0.381 e.